The van der Waals surface area contributed by atoms with Crippen LogP contribution in [0.3, 0.4) is 0 Å². The second-order valence-electron chi connectivity index (χ2n) is 10.3. The Morgan fingerprint density at radius 3 is 2.31 bits per heavy atom. The molecule has 1 heterocycles. The van der Waals surface area contributed by atoms with E-state index in [1.165, 1.54) is 0 Å². The fourth-order valence-corrected chi connectivity index (χ4v) is 6.84. The average Bonchev–Trinajstić information content (AvgIpc) is 3.18. The highest BCUT2D eigenvalue weighted by Gasteiger charge is 2.27. The van der Waals surface area contributed by atoms with E-state index < -0.39 is 9.84 Å². The second kappa shape index (κ2) is 13.7. The molecule has 0 amide bonds. The molecule has 1 N–H and O–H groups in total. The van der Waals surface area contributed by atoms with Crippen LogP contribution >= 0.6 is 34.8 Å². The summed E-state index contributed by atoms with van der Waals surface area (Å²) in [5.41, 5.74) is 4.98. The van der Waals surface area contributed by atoms with Gasteiger partial charge in [-0.05, 0) is 69.0 Å². The number of sulfone groups is 1. The summed E-state index contributed by atoms with van der Waals surface area (Å²) in [6, 6.07) is 12.7. The van der Waals surface area contributed by atoms with E-state index in [1.54, 1.807) is 16.8 Å². The zero-order valence-corrected chi connectivity index (χ0v) is 26.2. The highest BCUT2D eigenvalue weighted by molar-refractivity contribution is 7.91. The molecule has 9 heteroatoms. The monoisotopic (exact) mass is 609 g/mol. The smallest absolute Gasteiger partial charge is 0.151 e. The minimum atomic E-state index is -3.32. The minimum Gasteiger partial charge on any atom is -0.310 e. The second-order valence-corrected chi connectivity index (χ2v) is 13.9. The van der Waals surface area contributed by atoms with Crippen molar-refractivity contribution in [3.8, 4) is 16.9 Å². The van der Waals surface area contributed by atoms with Gasteiger partial charge < -0.3 is 5.32 Å². The van der Waals surface area contributed by atoms with Crippen LogP contribution in [0.2, 0.25) is 15.1 Å². The summed E-state index contributed by atoms with van der Waals surface area (Å²) in [6.45, 7) is 12.8. The standard InChI is InChI=1S/C30H38Cl3N3O2S/c1-6-15-30(7-2,20-21(3)4)34-16-18-39(37,38)17-14-27-22(5)29(23-8-10-24(31)11-9-23)36(35-27)28-13-12-25(32)19-26(28)33/h8-13,19,34H,3,6-7,14-18,20H2,1-2,4-5H3. The van der Waals surface area contributed by atoms with E-state index in [0.717, 1.165) is 48.1 Å². The molecule has 1 aromatic heterocycles. The van der Waals surface area contributed by atoms with Gasteiger partial charge in [-0.3, -0.25) is 0 Å². The quantitative estimate of drug-likeness (QED) is 0.187. The molecule has 212 valence electrons. The molecule has 2 aromatic carbocycles. The molecule has 1 unspecified atom stereocenters. The van der Waals surface area contributed by atoms with Gasteiger partial charge in [0, 0.05) is 34.1 Å². The number of nitrogens with one attached hydrogen (secondary N) is 1. The van der Waals surface area contributed by atoms with Crippen molar-refractivity contribution in [1.29, 1.82) is 0 Å². The summed E-state index contributed by atoms with van der Waals surface area (Å²) in [6.07, 6.45) is 4.07. The molecule has 0 aliphatic rings. The van der Waals surface area contributed by atoms with Crippen molar-refractivity contribution < 1.29 is 8.42 Å². The van der Waals surface area contributed by atoms with Gasteiger partial charge in [0.25, 0.3) is 0 Å². The first kappa shape index (κ1) is 31.7. The van der Waals surface area contributed by atoms with E-state index in [9.17, 15) is 8.42 Å². The number of nitrogens with zero attached hydrogens (tertiary/aromatic N) is 2. The van der Waals surface area contributed by atoms with Gasteiger partial charge in [-0.25, -0.2) is 13.1 Å². The van der Waals surface area contributed by atoms with Crippen LogP contribution in [-0.2, 0) is 16.3 Å². The number of hydrogen-bond acceptors (Lipinski definition) is 4. The number of benzene rings is 2. The molecule has 5 nitrogen and oxygen atoms in total. The van der Waals surface area contributed by atoms with Crippen LogP contribution in [0.5, 0.6) is 0 Å². The van der Waals surface area contributed by atoms with Gasteiger partial charge >= 0.3 is 0 Å². The van der Waals surface area contributed by atoms with Gasteiger partial charge in [0.2, 0.25) is 0 Å². The third kappa shape index (κ3) is 8.34. The fraction of sp³-hybridized carbons (Fsp3) is 0.433. The Bertz CT molecular complexity index is 1400. The number of rotatable bonds is 14. The number of aryl methyl sites for hydroxylation is 1. The highest BCUT2D eigenvalue weighted by atomic mass is 35.5. The molecular formula is C30H38Cl3N3O2S. The van der Waals surface area contributed by atoms with Gasteiger partial charge in [-0.15, -0.1) is 6.58 Å². The molecule has 0 spiro atoms. The average molecular weight is 611 g/mol. The van der Waals surface area contributed by atoms with Crippen LogP contribution in [0.25, 0.3) is 16.9 Å². The van der Waals surface area contributed by atoms with Crippen molar-refractivity contribution in [2.75, 3.05) is 18.1 Å². The van der Waals surface area contributed by atoms with Crippen LogP contribution in [0.4, 0.5) is 0 Å². The minimum absolute atomic E-state index is 0.00826. The van der Waals surface area contributed by atoms with E-state index in [1.807, 2.05) is 44.2 Å². The number of aromatic nitrogens is 2. The predicted octanol–water partition coefficient (Wildman–Crippen LogP) is 8.27. The fourth-order valence-electron chi connectivity index (χ4n) is 5.10. The first-order valence-electron chi connectivity index (χ1n) is 13.3. The Kier molecular flexibility index (Phi) is 11.1. The molecule has 0 bridgehead atoms. The van der Waals surface area contributed by atoms with Crippen LogP contribution in [0, 0.1) is 6.92 Å². The highest BCUT2D eigenvalue weighted by Crippen LogP contribution is 2.33. The normalized spacial score (nSPS) is 13.4. The van der Waals surface area contributed by atoms with E-state index >= 15 is 0 Å². The molecule has 0 saturated heterocycles. The maximum atomic E-state index is 13.1. The Hall–Kier alpha value is -1.83. The van der Waals surface area contributed by atoms with Crippen LogP contribution in [0.15, 0.2) is 54.6 Å². The van der Waals surface area contributed by atoms with Crippen molar-refractivity contribution in [3.05, 3.63) is 80.9 Å². The van der Waals surface area contributed by atoms with E-state index in [4.69, 9.17) is 39.9 Å². The third-order valence-electron chi connectivity index (χ3n) is 7.08. The lowest BCUT2D eigenvalue weighted by atomic mass is 9.84. The molecular weight excluding hydrogens is 573 g/mol. The van der Waals surface area contributed by atoms with Gasteiger partial charge in [-0.1, -0.05) is 72.8 Å². The Labute approximate surface area is 248 Å². The molecule has 3 aromatic rings. The van der Waals surface area contributed by atoms with E-state index in [2.05, 4.69) is 25.7 Å². The summed E-state index contributed by atoms with van der Waals surface area (Å²) >= 11 is 18.8. The summed E-state index contributed by atoms with van der Waals surface area (Å²) in [4.78, 5) is 0. The third-order valence-corrected chi connectivity index (χ3v) is 9.53. The molecule has 0 aliphatic carbocycles. The van der Waals surface area contributed by atoms with Crippen molar-refractivity contribution in [2.24, 2.45) is 0 Å². The predicted molar refractivity (Wildman–Crippen MR) is 166 cm³/mol. The van der Waals surface area contributed by atoms with Gasteiger partial charge in [0.15, 0.2) is 9.84 Å². The van der Waals surface area contributed by atoms with E-state index in [-0.39, 0.29) is 17.0 Å². The lowest BCUT2D eigenvalue weighted by Gasteiger charge is -2.34. The molecule has 3 rings (SSSR count). The lowest BCUT2D eigenvalue weighted by molar-refractivity contribution is 0.291. The topological polar surface area (TPSA) is 64.0 Å². The Morgan fingerprint density at radius 2 is 1.72 bits per heavy atom. The van der Waals surface area contributed by atoms with E-state index in [0.29, 0.717) is 39.4 Å². The maximum absolute atomic E-state index is 13.1. The largest absolute Gasteiger partial charge is 0.310 e. The maximum Gasteiger partial charge on any atom is 0.151 e. The van der Waals surface area contributed by atoms with Gasteiger partial charge in [0.1, 0.15) is 0 Å². The molecule has 0 aliphatic heterocycles. The summed E-state index contributed by atoms with van der Waals surface area (Å²) in [5, 5.41) is 9.98. The van der Waals surface area contributed by atoms with Crippen LogP contribution in [0.1, 0.15) is 57.7 Å². The van der Waals surface area contributed by atoms with Crippen molar-refractivity contribution in [1.82, 2.24) is 15.1 Å². The first-order valence-corrected chi connectivity index (χ1v) is 16.3. The Balaban J connectivity index is 1.83. The molecule has 0 saturated carbocycles. The number of halogens is 3. The summed E-state index contributed by atoms with van der Waals surface area (Å²) in [7, 11) is -3.32. The van der Waals surface area contributed by atoms with Crippen molar-refractivity contribution in [3.63, 3.8) is 0 Å². The lowest BCUT2D eigenvalue weighted by Crippen LogP contribution is -2.46. The SMILES string of the molecule is C=C(C)CC(CC)(CCC)NCCS(=O)(=O)CCc1nn(-c2ccc(Cl)cc2Cl)c(-c2ccc(Cl)cc2)c1C. The summed E-state index contributed by atoms with van der Waals surface area (Å²) in [5.74, 6) is 0.0792. The number of hydrogen-bond donors (Lipinski definition) is 1. The Morgan fingerprint density at radius 1 is 1.05 bits per heavy atom. The summed E-state index contributed by atoms with van der Waals surface area (Å²) < 4.78 is 27.9. The van der Waals surface area contributed by atoms with Crippen LogP contribution in [-0.4, -0.2) is 41.8 Å². The zero-order valence-electron chi connectivity index (χ0n) is 23.2. The van der Waals surface area contributed by atoms with Crippen molar-refractivity contribution >= 4 is 44.6 Å². The first-order chi connectivity index (χ1) is 18.4. The van der Waals surface area contributed by atoms with Gasteiger partial charge in [-0.2, -0.15) is 5.10 Å². The molecule has 1 atom stereocenters. The van der Waals surface area contributed by atoms with Crippen LogP contribution < -0.4 is 5.32 Å². The molecule has 39 heavy (non-hydrogen) atoms. The van der Waals surface area contributed by atoms with Crippen molar-refractivity contribution in [2.45, 2.75) is 65.3 Å². The molecule has 0 fully saturated rings. The molecule has 0 radical (unpaired) electrons. The zero-order chi connectivity index (χ0) is 28.8. The van der Waals surface area contributed by atoms with Gasteiger partial charge in [0.05, 0.1) is 33.6 Å².